The number of amides is 2. The third-order valence-electron chi connectivity index (χ3n) is 3.77. The van der Waals surface area contributed by atoms with Gasteiger partial charge in [0.05, 0.1) is 24.9 Å². The van der Waals surface area contributed by atoms with Crippen molar-refractivity contribution >= 4 is 12.0 Å². The average molecular weight is 320 g/mol. The summed E-state index contributed by atoms with van der Waals surface area (Å²) in [5.74, 6) is -0.347. The van der Waals surface area contributed by atoms with E-state index in [2.05, 4.69) is 10.1 Å². The zero-order valence-corrected chi connectivity index (χ0v) is 13.9. The Hall–Kier alpha value is -2.08. The van der Waals surface area contributed by atoms with Crippen LogP contribution in [0, 0.1) is 0 Å². The molecule has 6 heteroatoms. The number of carbonyl (C=O) groups is 2. The molecule has 0 aromatic heterocycles. The van der Waals surface area contributed by atoms with Crippen LogP contribution in [0.5, 0.6) is 0 Å². The van der Waals surface area contributed by atoms with Crippen LogP contribution in [0.3, 0.4) is 0 Å². The molecule has 23 heavy (non-hydrogen) atoms. The fraction of sp³-hybridized carbons (Fsp3) is 0.529. The van der Waals surface area contributed by atoms with Crippen LogP contribution in [0.4, 0.5) is 4.79 Å². The lowest BCUT2D eigenvalue weighted by atomic mass is 10.1. The number of carbonyl (C=O) groups excluding carboxylic acids is 2. The van der Waals surface area contributed by atoms with Gasteiger partial charge in [-0.15, -0.1) is 0 Å². The SMILES string of the molecule is COC(=O)c1ccc(CCNC(=O)N2C[C@H](C)O[C@@H](C)C2)cc1. The summed E-state index contributed by atoms with van der Waals surface area (Å²) in [4.78, 5) is 25.3. The first-order valence-electron chi connectivity index (χ1n) is 7.85. The molecule has 1 aromatic carbocycles. The maximum atomic E-state index is 12.2. The van der Waals surface area contributed by atoms with Crippen molar-refractivity contribution in [1.82, 2.24) is 10.2 Å². The topological polar surface area (TPSA) is 67.9 Å². The van der Waals surface area contributed by atoms with Crippen molar-refractivity contribution in [3.05, 3.63) is 35.4 Å². The van der Waals surface area contributed by atoms with Crippen LogP contribution in [-0.2, 0) is 15.9 Å². The van der Waals surface area contributed by atoms with Gasteiger partial charge >= 0.3 is 12.0 Å². The molecule has 0 spiro atoms. The van der Waals surface area contributed by atoms with Crippen LogP contribution in [0.1, 0.15) is 29.8 Å². The third-order valence-corrected chi connectivity index (χ3v) is 3.77. The van der Waals surface area contributed by atoms with Gasteiger partial charge in [0.1, 0.15) is 0 Å². The Morgan fingerprint density at radius 3 is 2.39 bits per heavy atom. The van der Waals surface area contributed by atoms with E-state index in [1.54, 1.807) is 17.0 Å². The molecule has 6 nitrogen and oxygen atoms in total. The van der Waals surface area contributed by atoms with Gasteiger partial charge in [-0.05, 0) is 38.0 Å². The number of benzene rings is 1. The minimum absolute atomic E-state index is 0.0572. The van der Waals surface area contributed by atoms with Crippen molar-refractivity contribution in [2.45, 2.75) is 32.5 Å². The molecule has 0 unspecified atom stereocenters. The number of urea groups is 1. The van der Waals surface area contributed by atoms with Crippen LogP contribution < -0.4 is 5.32 Å². The summed E-state index contributed by atoms with van der Waals surface area (Å²) in [5, 5.41) is 2.93. The Labute approximate surface area is 136 Å². The summed E-state index contributed by atoms with van der Waals surface area (Å²) in [6.07, 6.45) is 0.841. The van der Waals surface area contributed by atoms with E-state index >= 15 is 0 Å². The molecule has 2 atom stereocenters. The van der Waals surface area contributed by atoms with E-state index in [9.17, 15) is 9.59 Å². The highest BCUT2D eigenvalue weighted by atomic mass is 16.5. The van der Waals surface area contributed by atoms with Crippen molar-refractivity contribution in [1.29, 1.82) is 0 Å². The predicted molar refractivity (Wildman–Crippen MR) is 86.5 cm³/mol. The fourth-order valence-corrected chi connectivity index (χ4v) is 2.69. The van der Waals surface area contributed by atoms with Crippen LogP contribution in [0.15, 0.2) is 24.3 Å². The van der Waals surface area contributed by atoms with Crippen molar-refractivity contribution in [2.75, 3.05) is 26.7 Å². The van der Waals surface area contributed by atoms with Crippen molar-refractivity contribution in [2.24, 2.45) is 0 Å². The van der Waals surface area contributed by atoms with Gasteiger partial charge < -0.3 is 19.7 Å². The lowest BCUT2D eigenvalue weighted by molar-refractivity contribution is -0.0544. The molecule has 2 amide bonds. The number of nitrogens with zero attached hydrogens (tertiary/aromatic N) is 1. The smallest absolute Gasteiger partial charge is 0.337 e. The van der Waals surface area contributed by atoms with Crippen LogP contribution in [0.2, 0.25) is 0 Å². The third kappa shape index (κ3) is 4.96. The lowest BCUT2D eigenvalue weighted by Crippen LogP contribution is -2.51. The minimum atomic E-state index is -0.347. The normalized spacial score (nSPS) is 20.9. The Morgan fingerprint density at radius 1 is 1.22 bits per heavy atom. The molecule has 1 heterocycles. The lowest BCUT2D eigenvalue weighted by Gasteiger charge is -2.35. The predicted octanol–water partition coefficient (Wildman–Crippen LogP) is 1.83. The summed E-state index contributed by atoms with van der Waals surface area (Å²) in [6, 6.07) is 7.15. The van der Waals surface area contributed by atoms with Gasteiger partial charge in [0, 0.05) is 19.6 Å². The minimum Gasteiger partial charge on any atom is -0.465 e. The fourth-order valence-electron chi connectivity index (χ4n) is 2.69. The second-order valence-corrected chi connectivity index (χ2v) is 5.83. The summed E-state index contributed by atoms with van der Waals surface area (Å²) < 4.78 is 10.3. The van der Waals surface area contributed by atoms with Crippen LogP contribution >= 0.6 is 0 Å². The maximum Gasteiger partial charge on any atom is 0.337 e. The van der Waals surface area contributed by atoms with Gasteiger partial charge in [-0.2, -0.15) is 0 Å². The number of morpholine rings is 1. The van der Waals surface area contributed by atoms with Gasteiger partial charge in [0.15, 0.2) is 0 Å². The zero-order valence-electron chi connectivity index (χ0n) is 13.9. The first kappa shape index (κ1) is 17.3. The Kier molecular flexibility index (Phi) is 5.98. The maximum absolute atomic E-state index is 12.2. The van der Waals surface area contributed by atoms with E-state index in [1.807, 2.05) is 26.0 Å². The summed E-state index contributed by atoms with van der Waals surface area (Å²) in [5.41, 5.74) is 1.58. The molecular formula is C17H24N2O4. The highest BCUT2D eigenvalue weighted by Crippen LogP contribution is 2.10. The number of methoxy groups -OCH3 is 1. The molecule has 1 N–H and O–H groups in total. The molecule has 1 fully saturated rings. The molecule has 0 aliphatic carbocycles. The molecule has 1 saturated heterocycles. The van der Waals surface area contributed by atoms with Crippen molar-refractivity contribution in [3.63, 3.8) is 0 Å². The highest BCUT2D eigenvalue weighted by Gasteiger charge is 2.25. The Balaban J connectivity index is 1.78. The van der Waals surface area contributed by atoms with E-state index in [4.69, 9.17) is 4.74 Å². The first-order chi connectivity index (χ1) is 11.0. The van der Waals surface area contributed by atoms with E-state index in [0.717, 1.165) is 5.56 Å². The first-order valence-corrected chi connectivity index (χ1v) is 7.85. The molecular weight excluding hydrogens is 296 g/mol. The number of ether oxygens (including phenoxy) is 2. The van der Waals surface area contributed by atoms with Crippen LogP contribution in [0.25, 0.3) is 0 Å². The quantitative estimate of drug-likeness (QED) is 0.860. The summed E-state index contributed by atoms with van der Waals surface area (Å²) in [7, 11) is 1.36. The molecule has 2 rings (SSSR count). The van der Waals surface area contributed by atoms with Crippen molar-refractivity contribution < 1.29 is 19.1 Å². The summed E-state index contributed by atoms with van der Waals surface area (Å²) in [6.45, 7) is 5.72. The van der Waals surface area contributed by atoms with Gasteiger partial charge in [0.25, 0.3) is 0 Å². The van der Waals surface area contributed by atoms with E-state index < -0.39 is 0 Å². The van der Waals surface area contributed by atoms with Gasteiger partial charge in [-0.3, -0.25) is 0 Å². The average Bonchev–Trinajstić information content (AvgIpc) is 2.53. The standard InChI is InChI=1S/C17H24N2O4/c1-12-10-19(11-13(2)23-12)17(21)18-9-8-14-4-6-15(7-5-14)16(20)22-3/h4-7,12-13H,8-11H2,1-3H3,(H,18,21)/t12-,13-/m0/s1. The molecule has 1 aliphatic rings. The molecule has 0 saturated carbocycles. The number of nitrogens with one attached hydrogen (secondary N) is 1. The number of hydrogen-bond acceptors (Lipinski definition) is 4. The Bertz CT molecular complexity index is 534. The van der Waals surface area contributed by atoms with Gasteiger partial charge in [-0.1, -0.05) is 12.1 Å². The number of hydrogen-bond donors (Lipinski definition) is 1. The molecule has 1 aliphatic heterocycles. The zero-order chi connectivity index (χ0) is 16.8. The number of rotatable bonds is 4. The van der Waals surface area contributed by atoms with Gasteiger partial charge in [0.2, 0.25) is 0 Å². The van der Waals surface area contributed by atoms with E-state index in [0.29, 0.717) is 31.6 Å². The Morgan fingerprint density at radius 2 is 1.83 bits per heavy atom. The largest absolute Gasteiger partial charge is 0.465 e. The highest BCUT2D eigenvalue weighted by molar-refractivity contribution is 5.89. The monoisotopic (exact) mass is 320 g/mol. The van der Waals surface area contributed by atoms with E-state index in [1.165, 1.54) is 7.11 Å². The second kappa shape index (κ2) is 7.97. The van der Waals surface area contributed by atoms with Gasteiger partial charge in [-0.25, -0.2) is 9.59 Å². The molecule has 0 bridgehead atoms. The van der Waals surface area contributed by atoms with Crippen LogP contribution in [-0.4, -0.2) is 55.9 Å². The molecule has 0 radical (unpaired) electrons. The number of esters is 1. The summed E-state index contributed by atoms with van der Waals surface area (Å²) >= 11 is 0. The second-order valence-electron chi connectivity index (χ2n) is 5.83. The van der Waals surface area contributed by atoms with E-state index in [-0.39, 0.29) is 24.2 Å². The molecule has 126 valence electrons. The van der Waals surface area contributed by atoms with Crippen molar-refractivity contribution in [3.8, 4) is 0 Å². The molecule has 1 aromatic rings.